The number of hydrogen-bond acceptors (Lipinski definition) is 4. The fraction of sp³-hybridized carbons (Fsp3) is 1.00. The third-order valence-electron chi connectivity index (χ3n) is 5.61. The van der Waals surface area contributed by atoms with Gasteiger partial charge in [-0.25, -0.2) is 0 Å². The van der Waals surface area contributed by atoms with Gasteiger partial charge in [0.2, 0.25) is 0 Å². The summed E-state index contributed by atoms with van der Waals surface area (Å²) in [5.74, 6) is 0.397. The smallest absolute Gasteiger partial charge is 0.0486 e. The molecule has 0 radical (unpaired) electrons. The van der Waals surface area contributed by atoms with E-state index in [4.69, 9.17) is 0 Å². The number of piperidine rings is 1. The average molecular weight is 312 g/mol. The molecule has 2 rings (SSSR count). The first-order chi connectivity index (χ1) is 10.1. The van der Waals surface area contributed by atoms with Crippen LogP contribution in [-0.4, -0.2) is 82.8 Å². The Morgan fingerprint density at radius 2 is 1.36 bits per heavy atom. The number of likely N-dealkylation sites (tertiary alicyclic amines) is 1. The standard InChI is InChI=1S/C18H37N3O/c1-17(2,3)20-11-9-19(10-12-20)16-7-8-21(18(4,5)6)13-15(16)14-22/h15-16,22H,7-14H2,1-6H3/t15-,16?/m0/s1. The van der Waals surface area contributed by atoms with E-state index in [9.17, 15) is 5.11 Å². The molecule has 0 bridgehead atoms. The van der Waals surface area contributed by atoms with E-state index in [1.807, 2.05) is 0 Å². The summed E-state index contributed by atoms with van der Waals surface area (Å²) in [6.07, 6.45) is 1.19. The highest BCUT2D eigenvalue weighted by atomic mass is 16.3. The van der Waals surface area contributed by atoms with Crippen molar-refractivity contribution in [2.75, 3.05) is 45.9 Å². The molecule has 0 amide bonds. The summed E-state index contributed by atoms with van der Waals surface area (Å²) >= 11 is 0. The second kappa shape index (κ2) is 6.76. The molecule has 0 saturated carbocycles. The van der Waals surface area contributed by atoms with Crippen molar-refractivity contribution in [3.63, 3.8) is 0 Å². The first-order valence-corrected chi connectivity index (χ1v) is 8.98. The summed E-state index contributed by atoms with van der Waals surface area (Å²) in [5, 5.41) is 9.89. The summed E-state index contributed by atoms with van der Waals surface area (Å²) in [5.41, 5.74) is 0.487. The Morgan fingerprint density at radius 1 is 0.818 bits per heavy atom. The van der Waals surface area contributed by atoms with Gasteiger partial charge in [0.25, 0.3) is 0 Å². The van der Waals surface area contributed by atoms with E-state index in [0.29, 0.717) is 18.6 Å². The van der Waals surface area contributed by atoms with E-state index in [1.54, 1.807) is 0 Å². The van der Waals surface area contributed by atoms with Gasteiger partial charge in [-0.2, -0.15) is 0 Å². The Hall–Kier alpha value is -0.160. The quantitative estimate of drug-likeness (QED) is 0.843. The van der Waals surface area contributed by atoms with Crippen molar-refractivity contribution >= 4 is 0 Å². The van der Waals surface area contributed by atoms with E-state index in [0.717, 1.165) is 39.3 Å². The Bertz CT molecular complexity index is 350. The van der Waals surface area contributed by atoms with Crippen LogP contribution in [0.25, 0.3) is 0 Å². The summed E-state index contributed by atoms with van der Waals surface area (Å²) in [4.78, 5) is 7.76. The molecule has 0 aromatic carbocycles. The van der Waals surface area contributed by atoms with Crippen LogP contribution < -0.4 is 0 Å². The fourth-order valence-corrected chi connectivity index (χ4v) is 4.01. The zero-order valence-electron chi connectivity index (χ0n) is 15.6. The van der Waals surface area contributed by atoms with Gasteiger partial charge in [0, 0.05) is 68.9 Å². The van der Waals surface area contributed by atoms with Crippen molar-refractivity contribution < 1.29 is 5.11 Å². The summed E-state index contributed by atoms with van der Waals surface area (Å²) < 4.78 is 0. The van der Waals surface area contributed by atoms with E-state index < -0.39 is 0 Å². The highest BCUT2D eigenvalue weighted by Gasteiger charge is 2.38. The minimum Gasteiger partial charge on any atom is -0.396 e. The molecule has 2 heterocycles. The van der Waals surface area contributed by atoms with Gasteiger partial charge in [0.15, 0.2) is 0 Å². The van der Waals surface area contributed by atoms with Crippen molar-refractivity contribution in [3.05, 3.63) is 0 Å². The van der Waals surface area contributed by atoms with Crippen LogP contribution >= 0.6 is 0 Å². The highest BCUT2D eigenvalue weighted by Crippen LogP contribution is 2.28. The van der Waals surface area contributed by atoms with Gasteiger partial charge in [0.05, 0.1) is 0 Å². The Balaban J connectivity index is 1.93. The Kier molecular flexibility index (Phi) is 5.59. The Labute approximate surface area is 137 Å². The van der Waals surface area contributed by atoms with Crippen LogP contribution in [-0.2, 0) is 0 Å². The fourth-order valence-electron chi connectivity index (χ4n) is 4.01. The summed E-state index contributed by atoms with van der Waals surface area (Å²) in [7, 11) is 0. The molecule has 2 saturated heterocycles. The van der Waals surface area contributed by atoms with E-state index in [-0.39, 0.29) is 11.1 Å². The van der Waals surface area contributed by atoms with Crippen LogP contribution in [0.3, 0.4) is 0 Å². The van der Waals surface area contributed by atoms with Gasteiger partial charge in [-0.15, -0.1) is 0 Å². The van der Waals surface area contributed by atoms with Crippen molar-refractivity contribution in [1.82, 2.24) is 14.7 Å². The van der Waals surface area contributed by atoms with Crippen LogP contribution in [0.5, 0.6) is 0 Å². The van der Waals surface area contributed by atoms with E-state index in [1.165, 1.54) is 6.42 Å². The number of nitrogens with zero attached hydrogens (tertiary/aromatic N) is 3. The summed E-state index contributed by atoms with van der Waals surface area (Å²) in [6.45, 7) is 20.9. The highest BCUT2D eigenvalue weighted by molar-refractivity contribution is 4.93. The lowest BCUT2D eigenvalue weighted by Gasteiger charge is -2.50. The van der Waals surface area contributed by atoms with Crippen LogP contribution in [0.1, 0.15) is 48.0 Å². The molecule has 22 heavy (non-hydrogen) atoms. The molecule has 0 aromatic heterocycles. The monoisotopic (exact) mass is 311 g/mol. The molecule has 2 aliphatic rings. The van der Waals surface area contributed by atoms with Gasteiger partial charge in [-0.3, -0.25) is 14.7 Å². The molecule has 4 nitrogen and oxygen atoms in total. The molecule has 4 heteroatoms. The maximum Gasteiger partial charge on any atom is 0.0486 e. The molecular weight excluding hydrogens is 274 g/mol. The molecule has 2 fully saturated rings. The van der Waals surface area contributed by atoms with E-state index >= 15 is 0 Å². The second-order valence-corrected chi connectivity index (χ2v) is 9.11. The minimum atomic E-state index is 0.212. The number of hydrogen-bond donors (Lipinski definition) is 1. The zero-order chi connectivity index (χ0) is 16.5. The van der Waals surface area contributed by atoms with Crippen LogP contribution in [0.4, 0.5) is 0 Å². The van der Waals surface area contributed by atoms with Crippen molar-refractivity contribution in [2.24, 2.45) is 5.92 Å². The first kappa shape index (κ1) is 18.2. The molecule has 0 aromatic rings. The minimum absolute atomic E-state index is 0.212. The Morgan fingerprint density at radius 3 is 1.82 bits per heavy atom. The van der Waals surface area contributed by atoms with Gasteiger partial charge in [-0.1, -0.05) is 0 Å². The van der Waals surface area contributed by atoms with E-state index in [2.05, 4.69) is 56.2 Å². The van der Waals surface area contributed by atoms with Gasteiger partial charge in [0.1, 0.15) is 0 Å². The SMILES string of the molecule is CC(C)(C)N1CCN(C2CCN(C(C)(C)C)C[C@H]2CO)CC1. The normalized spacial score (nSPS) is 30.7. The van der Waals surface area contributed by atoms with Crippen molar-refractivity contribution in [2.45, 2.75) is 65.1 Å². The lowest BCUT2D eigenvalue weighted by molar-refractivity contribution is -0.0315. The largest absolute Gasteiger partial charge is 0.396 e. The maximum atomic E-state index is 9.89. The molecule has 2 aliphatic heterocycles. The molecule has 0 aliphatic carbocycles. The molecule has 130 valence electrons. The third-order valence-corrected chi connectivity index (χ3v) is 5.61. The zero-order valence-corrected chi connectivity index (χ0v) is 15.6. The third kappa shape index (κ3) is 4.22. The lowest BCUT2D eigenvalue weighted by atomic mass is 9.88. The van der Waals surface area contributed by atoms with Crippen LogP contribution in [0.2, 0.25) is 0 Å². The lowest BCUT2D eigenvalue weighted by Crippen LogP contribution is -2.61. The van der Waals surface area contributed by atoms with Gasteiger partial charge >= 0.3 is 0 Å². The van der Waals surface area contributed by atoms with Gasteiger partial charge < -0.3 is 5.11 Å². The first-order valence-electron chi connectivity index (χ1n) is 8.98. The topological polar surface area (TPSA) is 30.0 Å². The number of piperazine rings is 1. The van der Waals surface area contributed by atoms with Crippen molar-refractivity contribution in [3.8, 4) is 0 Å². The van der Waals surface area contributed by atoms with Crippen LogP contribution in [0, 0.1) is 5.92 Å². The predicted octanol–water partition coefficient (Wildman–Crippen LogP) is 1.88. The molecule has 2 atom stereocenters. The number of aliphatic hydroxyl groups is 1. The number of aliphatic hydroxyl groups excluding tert-OH is 1. The molecule has 1 unspecified atom stereocenters. The van der Waals surface area contributed by atoms with Gasteiger partial charge in [-0.05, 0) is 48.0 Å². The summed E-state index contributed by atoms with van der Waals surface area (Å²) in [6, 6.07) is 0.561. The molecular formula is C18H37N3O. The maximum absolute atomic E-state index is 9.89. The average Bonchev–Trinajstić information content (AvgIpc) is 2.45. The van der Waals surface area contributed by atoms with Crippen molar-refractivity contribution in [1.29, 1.82) is 0 Å². The molecule has 0 spiro atoms. The predicted molar refractivity (Wildman–Crippen MR) is 93.2 cm³/mol. The second-order valence-electron chi connectivity index (χ2n) is 9.11. The molecule has 1 N–H and O–H groups in total. The van der Waals surface area contributed by atoms with Crippen LogP contribution in [0.15, 0.2) is 0 Å². The number of rotatable bonds is 2.